The second kappa shape index (κ2) is 8.98. The molecule has 0 aromatic heterocycles. The van der Waals surface area contributed by atoms with Gasteiger partial charge in [0.15, 0.2) is 0 Å². The van der Waals surface area contributed by atoms with E-state index < -0.39 is 23.9 Å². The fourth-order valence-corrected chi connectivity index (χ4v) is 5.45. The smallest absolute Gasteiger partial charge is 0.257 e. The lowest BCUT2D eigenvalue weighted by Gasteiger charge is -2.29. The molecule has 12 nitrogen and oxygen atoms in total. The van der Waals surface area contributed by atoms with Crippen LogP contribution in [-0.4, -0.2) is 57.3 Å². The highest BCUT2D eigenvalue weighted by molar-refractivity contribution is 6.08. The van der Waals surface area contributed by atoms with Crippen molar-refractivity contribution in [1.29, 1.82) is 0 Å². The SMILES string of the molecule is O=C1CCC(N2Cc3c(N=Nc4cccc5c4C(=O)N(C4CCC(=O)NC4=O)C5)cccc3C2=O)C(=O)N1. The van der Waals surface area contributed by atoms with Crippen LogP contribution in [0.15, 0.2) is 46.6 Å². The number of nitrogens with zero attached hydrogens (tertiary/aromatic N) is 4. The molecule has 6 amide bonds. The molecule has 2 atom stereocenters. The van der Waals surface area contributed by atoms with Gasteiger partial charge in [-0.05, 0) is 36.6 Å². The lowest BCUT2D eigenvalue weighted by Crippen LogP contribution is -2.52. The number of amides is 6. The van der Waals surface area contributed by atoms with E-state index in [1.54, 1.807) is 36.4 Å². The lowest BCUT2D eigenvalue weighted by atomic mass is 10.0. The predicted octanol–water partition coefficient (Wildman–Crippen LogP) is 1.62. The van der Waals surface area contributed by atoms with Gasteiger partial charge in [0, 0.05) is 37.1 Å². The van der Waals surface area contributed by atoms with Crippen LogP contribution in [0, 0.1) is 0 Å². The number of imide groups is 2. The normalized spacial score (nSPS) is 23.2. The zero-order valence-electron chi connectivity index (χ0n) is 20.1. The minimum Gasteiger partial charge on any atom is -0.322 e. The topological polar surface area (TPSA) is 158 Å². The van der Waals surface area contributed by atoms with Gasteiger partial charge in [0.2, 0.25) is 23.6 Å². The first-order valence-electron chi connectivity index (χ1n) is 12.3. The molecule has 38 heavy (non-hydrogen) atoms. The standard InChI is InChI=1S/C26H22N6O6/c33-20-9-7-18(23(35)27-20)31-11-13-3-1-6-17(22(13)26(31)38)30-29-16-5-2-4-14-15(16)12-32(25(14)37)19-8-10-21(34)28-24(19)36/h1-6,18-19H,7-12H2,(H,27,33,35)(H,28,34,36). The summed E-state index contributed by atoms with van der Waals surface area (Å²) in [5.41, 5.74) is 2.81. The first kappa shape index (κ1) is 23.6. The van der Waals surface area contributed by atoms with Crippen molar-refractivity contribution in [2.24, 2.45) is 10.2 Å². The Morgan fingerprint density at radius 1 is 0.684 bits per heavy atom. The van der Waals surface area contributed by atoms with Gasteiger partial charge in [-0.3, -0.25) is 39.4 Å². The molecular weight excluding hydrogens is 492 g/mol. The van der Waals surface area contributed by atoms with Crippen molar-refractivity contribution in [3.8, 4) is 0 Å². The van der Waals surface area contributed by atoms with E-state index >= 15 is 0 Å². The third kappa shape index (κ3) is 3.85. The molecule has 2 aromatic rings. The van der Waals surface area contributed by atoms with Crippen molar-refractivity contribution < 1.29 is 28.8 Å². The monoisotopic (exact) mass is 514 g/mol. The summed E-state index contributed by atoms with van der Waals surface area (Å²) in [6.07, 6.45) is 0.834. The Morgan fingerprint density at radius 3 is 1.92 bits per heavy atom. The second-order valence-corrected chi connectivity index (χ2v) is 9.61. The van der Waals surface area contributed by atoms with Crippen LogP contribution in [0.4, 0.5) is 11.4 Å². The van der Waals surface area contributed by atoms with Crippen molar-refractivity contribution in [2.45, 2.75) is 50.9 Å². The molecule has 0 bridgehead atoms. The van der Waals surface area contributed by atoms with Crippen LogP contribution in [0.2, 0.25) is 0 Å². The predicted molar refractivity (Wildman–Crippen MR) is 129 cm³/mol. The maximum atomic E-state index is 13.3. The summed E-state index contributed by atoms with van der Waals surface area (Å²) >= 11 is 0. The summed E-state index contributed by atoms with van der Waals surface area (Å²) < 4.78 is 0. The van der Waals surface area contributed by atoms with E-state index in [-0.39, 0.29) is 62.4 Å². The zero-order valence-corrected chi connectivity index (χ0v) is 20.1. The molecule has 4 aliphatic heterocycles. The number of azo groups is 1. The van der Waals surface area contributed by atoms with Crippen LogP contribution in [0.1, 0.15) is 57.5 Å². The summed E-state index contributed by atoms with van der Waals surface area (Å²) in [4.78, 5) is 77.0. The molecule has 0 aliphatic carbocycles. The minimum atomic E-state index is -0.745. The number of piperidine rings is 2. The maximum Gasteiger partial charge on any atom is 0.257 e. The van der Waals surface area contributed by atoms with E-state index in [0.29, 0.717) is 33.6 Å². The molecule has 6 rings (SSSR count). The number of nitrogens with one attached hydrogen (secondary N) is 2. The summed E-state index contributed by atoms with van der Waals surface area (Å²) in [6.45, 7) is 0.366. The van der Waals surface area contributed by atoms with Crippen molar-refractivity contribution in [2.75, 3.05) is 0 Å². The average molecular weight is 514 g/mol. The molecular formula is C26H22N6O6. The third-order valence-corrected chi connectivity index (χ3v) is 7.35. The first-order valence-corrected chi connectivity index (χ1v) is 12.3. The first-order chi connectivity index (χ1) is 18.3. The van der Waals surface area contributed by atoms with E-state index in [4.69, 9.17) is 0 Å². The molecule has 2 N–H and O–H groups in total. The molecule has 4 aliphatic rings. The number of rotatable bonds is 4. The van der Waals surface area contributed by atoms with E-state index in [1.807, 2.05) is 0 Å². The molecule has 12 heteroatoms. The van der Waals surface area contributed by atoms with E-state index in [9.17, 15) is 28.8 Å². The van der Waals surface area contributed by atoms with E-state index in [0.717, 1.165) is 0 Å². The number of carbonyl (C=O) groups is 6. The summed E-state index contributed by atoms with van der Waals surface area (Å²) in [7, 11) is 0. The molecule has 0 saturated carbocycles. The molecule has 4 heterocycles. The molecule has 0 spiro atoms. The Labute approximate surface area is 216 Å². The number of fused-ring (bicyclic) bond motifs is 2. The Bertz CT molecular complexity index is 1480. The number of hydrogen-bond acceptors (Lipinski definition) is 8. The molecule has 192 valence electrons. The average Bonchev–Trinajstić information content (AvgIpc) is 3.40. The summed E-state index contributed by atoms with van der Waals surface area (Å²) in [5, 5.41) is 13.3. The zero-order chi connectivity index (χ0) is 26.6. The Balaban J connectivity index is 1.26. The van der Waals surface area contributed by atoms with Gasteiger partial charge < -0.3 is 9.80 Å². The highest BCUT2D eigenvalue weighted by atomic mass is 16.2. The lowest BCUT2D eigenvalue weighted by molar-refractivity contribution is -0.138. The van der Waals surface area contributed by atoms with Crippen LogP contribution in [0.25, 0.3) is 0 Å². The van der Waals surface area contributed by atoms with Gasteiger partial charge in [-0.2, -0.15) is 5.11 Å². The van der Waals surface area contributed by atoms with Crippen molar-refractivity contribution in [1.82, 2.24) is 20.4 Å². The Kier molecular flexibility index (Phi) is 5.59. The summed E-state index contributed by atoms with van der Waals surface area (Å²) in [5.74, 6) is -2.37. The van der Waals surface area contributed by atoms with Gasteiger partial charge in [0.1, 0.15) is 12.1 Å². The highest BCUT2D eigenvalue weighted by Crippen LogP contribution is 2.37. The minimum absolute atomic E-state index is 0.144. The maximum absolute atomic E-state index is 13.3. The molecule has 2 fully saturated rings. The van der Waals surface area contributed by atoms with Crippen LogP contribution in [0.3, 0.4) is 0 Å². The Morgan fingerprint density at radius 2 is 1.26 bits per heavy atom. The van der Waals surface area contributed by atoms with Gasteiger partial charge in [-0.1, -0.05) is 18.2 Å². The molecule has 2 unspecified atom stereocenters. The third-order valence-electron chi connectivity index (χ3n) is 7.35. The van der Waals surface area contributed by atoms with Gasteiger partial charge in [0.05, 0.1) is 16.9 Å². The Hall–Kier alpha value is -4.74. The highest BCUT2D eigenvalue weighted by Gasteiger charge is 2.41. The number of hydrogen-bond donors (Lipinski definition) is 2. The van der Waals surface area contributed by atoms with Crippen molar-refractivity contribution in [3.05, 3.63) is 58.7 Å². The van der Waals surface area contributed by atoms with Crippen molar-refractivity contribution in [3.63, 3.8) is 0 Å². The van der Waals surface area contributed by atoms with Crippen LogP contribution >= 0.6 is 0 Å². The van der Waals surface area contributed by atoms with Gasteiger partial charge in [-0.25, -0.2) is 0 Å². The molecule has 0 radical (unpaired) electrons. The van der Waals surface area contributed by atoms with E-state index in [1.165, 1.54) is 9.80 Å². The summed E-state index contributed by atoms with van der Waals surface area (Å²) in [6, 6.07) is 8.73. The van der Waals surface area contributed by atoms with Crippen LogP contribution in [0.5, 0.6) is 0 Å². The van der Waals surface area contributed by atoms with Crippen molar-refractivity contribution >= 4 is 46.8 Å². The molecule has 2 aromatic carbocycles. The van der Waals surface area contributed by atoms with E-state index in [2.05, 4.69) is 20.9 Å². The quantitative estimate of drug-likeness (QED) is 0.466. The van der Waals surface area contributed by atoms with Gasteiger partial charge >= 0.3 is 0 Å². The second-order valence-electron chi connectivity index (χ2n) is 9.61. The van der Waals surface area contributed by atoms with Crippen LogP contribution < -0.4 is 10.6 Å². The largest absolute Gasteiger partial charge is 0.322 e. The van der Waals surface area contributed by atoms with Gasteiger partial charge in [-0.15, -0.1) is 5.11 Å². The fraction of sp³-hybridized carbons (Fsp3) is 0.308. The van der Waals surface area contributed by atoms with Gasteiger partial charge in [0.25, 0.3) is 11.8 Å². The van der Waals surface area contributed by atoms with Crippen LogP contribution in [-0.2, 0) is 32.3 Å². The fourth-order valence-electron chi connectivity index (χ4n) is 5.45. The number of carbonyl (C=O) groups excluding carboxylic acids is 6. The molecule has 2 saturated heterocycles. The number of benzene rings is 2.